The van der Waals surface area contributed by atoms with Crippen LogP contribution in [0.5, 0.6) is 0 Å². The summed E-state index contributed by atoms with van der Waals surface area (Å²) in [6, 6.07) is 6.78. The highest BCUT2D eigenvalue weighted by atomic mass is 32.1. The zero-order valence-corrected chi connectivity index (χ0v) is 16.0. The van der Waals surface area contributed by atoms with Gasteiger partial charge in [0.1, 0.15) is 5.82 Å². The quantitative estimate of drug-likeness (QED) is 0.703. The minimum absolute atomic E-state index is 0.183. The molecule has 3 aromatic rings. The lowest BCUT2D eigenvalue weighted by Gasteiger charge is -2.31. The standard InChI is InChI=1S/C20H22FN5S/c1-14-10-23-20(27-14)25-19-12-22-11-18(24-19)16-6-8-26(9-7-16)13-15-2-4-17(21)5-3-15/h2-5,10-12,16H,6-9,13H2,1H3,(H,23,24,25). The van der Waals surface area contributed by atoms with Crippen molar-refractivity contribution in [3.05, 3.63) is 64.8 Å². The lowest BCUT2D eigenvalue weighted by molar-refractivity contribution is 0.203. The Morgan fingerprint density at radius 3 is 2.63 bits per heavy atom. The molecular formula is C20H22FN5S. The first-order valence-corrected chi connectivity index (χ1v) is 9.95. The van der Waals surface area contributed by atoms with E-state index in [1.54, 1.807) is 17.5 Å². The van der Waals surface area contributed by atoms with Gasteiger partial charge in [-0.05, 0) is 50.6 Å². The number of rotatable bonds is 5. The molecule has 1 N–H and O–H groups in total. The average molecular weight is 383 g/mol. The normalized spacial score (nSPS) is 15.8. The second kappa shape index (κ2) is 8.10. The van der Waals surface area contributed by atoms with E-state index in [0.717, 1.165) is 59.6 Å². The van der Waals surface area contributed by atoms with E-state index < -0.39 is 0 Å². The van der Waals surface area contributed by atoms with Crippen LogP contribution in [0.25, 0.3) is 0 Å². The number of thiazole rings is 1. The van der Waals surface area contributed by atoms with Crippen LogP contribution in [-0.2, 0) is 6.54 Å². The summed E-state index contributed by atoms with van der Waals surface area (Å²) in [4.78, 5) is 17.0. The van der Waals surface area contributed by atoms with Crippen molar-refractivity contribution in [3.63, 3.8) is 0 Å². The SMILES string of the molecule is Cc1cnc(Nc2cncc(C3CCN(Cc4ccc(F)cc4)CC3)n2)s1. The Morgan fingerprint density at radius 1 is 1.15 bits per heavy atom. The summed E-state index contributed by atoms with van der Waals surface area (Å²) < 4.78 is 13.0. The van der Waals surface area contributed by atoms with Crippen molar-refractivity contribution in [3.8, 4) is 0 Å². The first kappa shape index (κ1) is 18.0. The summed E-state index contributed by atoms with van der Waals surface area (Å²) in [6.45, 7) is 4.91. The van der Waals surface area contributed by atoms with Gasteiger partial charge in [0.25, 0.3) is 0 Å². The number of piperidine rings is 1. The van der Waals surface area contributed by atoms with Crippen LogP contribution in [0.1, 0.15) is 34.9 Å². The van der Waals surface area contributed by atoms with Gasteiger partial charge < -0.3 is 5.32 Å². The third-order valence-electron chi connectivity index (χ3n) is 4.83. The molecule has 1 saturated heterocycles. The van der Waals surface area contributed by atoms with Crippen LogP contribution >= 0.6 is 11.3 Å². The van der Waals surface area contributed by atoms with Gasteiger partial charge in [-0.25, -0.2) is 14.4 Å². The molecule has 3 heterocycles. The number of aryl methyl sites for hydroxylation is 1. The Kier molecular flexibility index (Phi) is 5.40. The summed E-state index contributed by atoms with van der Waals surface area (Å²) >= 11 is 1.61. The number of anilines is 2. The predicted molar refractivity (Wildman–Crippen MR) is 106 cm³/mol. The highest BCUT2D eigenvalue weighted by Crippen LogP contribution is 2.28. The second-order valence-electron chi connectivity index (χ2n) is 6.91. The molecule has 7 heteroatoms. The minimum atomic E-state index is -0.183. The zero-order chi connectivity index (χ0) is 18.6. The van der Waals surface area contributed by atoms with Crippen molar-refractivity contribution >= 4 is 22.3 Å². The first-order chi connectivity index (χ1) is 13.2. The fraction of sp³-hybridized carbons (Fsp3) is 0.350. The molecule has 0 radical (unpaired) electrons. The van der Waals surface area contributed by atoms with Gasteiger partial charge in [-0.15, -0.1) is 11.3 Å². The fourth-order valence-corrected chi connectivity index (χ4v) is 4.07. The number of halogens is 1. The first-order valence-electron chi connectivity index (χ1n) is 9.14. The zero-order valence-electron chi connectivity index (χ0n) is 15.2. The maximum absolute atomic E-state index is 13.0. The van der Waals surface area contributed by atoms with E-state index in [4.69, 9.17) is 4.98 Å². The monoisotopic (exact) mass is 383 g/mol. The number of nitrogens with zero attached hydrogens (tertiary/aromatic N) is 4. The van der Waals surface area contributed by atoms with Crippen molar-refractivity contribution in [2.45, 2.75) is 32.2 Å². The molecule has 140 valence electrons. The topological polar surface area (TPSA) is 53.9 Å². The molecule has 1 aliphatic heterocycles. The predicted octanol–water partition coefficient (Wildman–Crippen LogP) is 4.50. The van der Waals surface area contributed by atoms with E-state index >= 15 is 0 Å². The molecule has 4 rings (SSSR count). The van der Waals surface area contributed by atoms with E-state index in [1.807, 2.05) is 31.5 Å². The summed E-state index contributed by atoms with van der Waals surface area (Å²) in [5.74, 6) is 0.981. The third kappa shape index (κ3) is 4.67. The Balaban J connectivity index is 1.35. The van der Waals surface area contributed by atoms with Crippen molar-refractivity contribution in [2.75, 3.05) is 18.4 Å². The summed E-state index contributed by atoms with van der Waals surface area (Å²) in [6.07, 6.45) is 7.56. The summed E-state index contributed by atoms with van der Waals surface area (Å²) in [5, 5.41) is 4.08. The van der Waals surface area contributed by atoms with Crippen molar-refractivity contribution in [1.29, 1.82) is 0 Å². The molecule has 0 amide bonds. The van der Waals surface area contributed by atoms with Crippen LogP contribution in [0.4, 0.5) is 15.3 Å². The maximum atomic E-state index is 13.0. The molecule has 0 saturated carbocycles. The Labute approximate surface area is 162 Å². The minimum Gasteiger partial charge on any atom is -0.315 e. The number of hydrogen-bond donors (Lipinski definition) is 1. The number of benzene rings is 1. The highest BCUT2D eigenvalue weighted by Gasteiger charge is 2.22. The van der Waals surface area contributed by atoms with Gasteiger partial charge in [0, 0.05) is 29.7 Å². The molecule has 27 heavy (non-hydrogen) atoms. The summed E-state index contributed by atoms with van der Waals surface area (Å²) in [5.41, 5.74) is 2.19. The van der Waals surface area contributed by atoms with Gasteiger partial charge in [-0.3, -0.25) is 9.88 Å². The number of likely N-dealkylation sites (tertiary alicyclic amines) is 1. The number of nitrogens with one attached hydrogen (secondary N) is 1. The molecular weight excluding hydrogens is 361 g/mol. The largest absolute Gasteiger partial charge is 0.315 e. The smallest absolute Gasteiger partial charge is 0.188 e. The van der Waals surface area contributed by atoms with Crippen molar-refractivity contribution in [1.82, 2.24) is 19.9 Å². The van der Waals surface area contributed by atoms with Gasteiger partial charge >= 0.3 is 0 Å². The van der Waals surface area contributed by atoms with Gasteiger partial charge in [0.2, 0.25) is 0 Å². The molecule has 1 aromatic carbocycles. The Morgan fingerprint density at radius 2 is 1.93 bits per heavy atom. The lowest BCUT2D eigenvalue weighted by atomic mass is 9.93. The molecule has 1 aliphatic rings. The van der Waals surface area contributed by atoms with E-state index in [-0.39, 0.29) is 5.82 Å². The molecule has 0 unspecified atom stereocenters. The number of aromatic nitrogens is 3. The van der Waals surface area contributed by atoms with E-state index in [1.165, 1.54) is 12.1 Å². The second-order valence-corrected chi connectivity index (χ2v) is 8.14. The Hall–Kier alpha value is -2.38. The van der Waals surface area contributed by atoms with Crippen LogP contribution < -0.4 is 5.32 Å². The van der Waals surface area contributed by atoms with Gasteiger partial charge in [0.15, 0.2) is 10.9 Å². The molecule has 0 aliphatic carbocycles. The fourth-order valence-electron chi connectivity index (χ4n) is 3.39. The average Bonchev–Trinajstić information content (AvgIpc) is 3.09. The van der Waals surface area contributed by atoms with E-state index in [0.29, 0.717) is 5.92 Å². The molecule has 5 nitrogen and oxygen atoms in total. The molecule has 0 spiro atoms. The highest BCUT2D eigenvalue weighted by molar-refractivity contribution is 7.15. The van der Waals surface area contributed by atoms with Gasteiger partial charge in [-0.2, -0.15) is 0 Å². The molecule has 0 atom stereocenters. The maximum Gasteiger partial charge on any atom is 0.188 e. The van der Waals surface area contributed by atoms with Gasteiger partial charge in [-0.1, -0.05) is 12.1 Å². The van der Waals surface area contributed by atoms with Crippen molar-refractivity contribution in [2.24, 2.45) is 0 Å². The van der Waals surface area contributed by atoms with Crippen LogP contribution in [0.2, 0.25) is 0 Å². The number of hydrogen-bond acceptors (Lipinski definition) is 6. The van der Waals surface area contributed by atoms with Crippen LogP contribution in [-0.4, -0.2) is 32.9 Å². The molecule has 2 aromatic heterocycles. The van der Waals surface area contributed by atoms with Crippen LogP contribution in [0.15, 0.2) is 42.9 Å². The van der Waals surface area contributed by atoms with Crippen LogP contribution in [0.3, 0.4) is 0 Å². The van der Waals surface area contributed by atoms with Gasteiger partial charge in [0.05, 0.1) is 11.9 Å². The summed E-state index contributed by atoms with van der Waals surface area (Å²) in [7, 11) is 0. The Bertz CT molecular complexity index is 887. The molecule has 1 fully saturated rings. The van der Waals surface area contributed by atoms with E-state index in [9.17, 15) is 4.39 Å². The van der Waals surface area contributed by atoms with Crippen molar-refractivity contribution < 1.29 is 4.39 Å². The van der Waals surface area contributed by atoms with Crippen LogP contribution in [0, 0.1) is 12.7 Å². The third-order valence-corrected chi connectivity index (χ3v) is 5.66. The molecule has 0 bridgehead atoms. The van der Waals surface area contributed by atoms with E-state index in [2.05, 4.69) is 20.2 Å². The lowest BCUT2D eigenvalue weighted by Crippen LogP contribution is -2.32.